The van der Waals surface area contributed by atoms with Crippen LogP contribution in [-0.2, 0) is 0 Å². The standard InChI is InChI=1S/C13H19NO2/c1-14-11-8-5-9-12(13(11)15)16-10-6-3-2-4-7-10/h5,8-10,14-15H,2-4,6-7H2,1H3. The van der Waals surface area contributed by atoms with E-state index in [2.05, 4.69) is 5.32 Å². The Balaban J connectivity index is 2.08. The number of para-hydroxylation sites is 1. The third-order valence-electron chi connectivity index (χ3n) is 3.11. The molecule has 0 heterocycles. The van der Waals surface area contributed by atoms with Gasteiger partial charge in [-0.25, -0.2) is 0 Å². The zero-order valence-electron chi connectivity index (χ0n) is 9.70. The number of hydrogen-bond acceptors (Lipinski definition) is 3. The summed E-state index contributed by atoms with van der Waals surface area (Å²) in [4.78, 5) is 0. The average Bonchev–Trinajstić information content (AvgIpc) is 2.33. The van der Waals surface area contributed by atoms with Gasteiger partial charge in [-0.2, -0.15) is 0 Å². The monoisotopic (exact) mass is 221 g/mol. The number of rotatable bonds is 3. The summed E-state index contributed by atoms with van der Waals surface area (Å²) in [6.07, 6.45) is 6.25. The normalized spacial score (nSPS) is 17.1. The number of hydrogen-bond donors (Lipinski definition) is 2. The van der Waals surface area contributed by atoms with E-state index in [1.165, 1.54) is 19.3 Å². The summed E-state index contributed by atoms with van der Waals surface area (Å²) in [5.41, 5.74) is 0.716. The van der Waals surface area contributed by atoms with E-state index in [1.54, 1.807) is 7.05 Å². The third kappa shape index (κ3) is 2.40. The van der Waals surface area contributed by atoms with E-state index in [0.717, 1.165) is 12.8 Å². The van der Waals surface area contributed by atoms with Crippen molar-refractivity contribution in [2.45, 2.75) is 38.2 Å². The minimum Gasteiger partial charge on any atom is -0.503 e. The maximum Gasteiger partial charge on any atom is 0.181 e. The number of benzene rings is 1. The van der Waals surface area contributed by atoms with Crippen LogP contribution in [-0.4, -0.2) is 18.3 Å². The summed E-state index contributed by atoms with van der Waals surface area (Å²) in [6, 6.07) is 5.55. The Labute approximate surface area is 96.4 Å². The molecule has 0 radical (unpaired) electrons. The molecule has 1 aliphatic carbocycles. The van der Waals surface area contributed by atoms with Crippen LogP contribution in [0.3, 0.4) is 0 Å². The lowest BCUT2D eigenvalue weighted by molar-refractivity contribution is 0.150. The molecular formula is C13H19NO2. The molecule has 2 rings (SSSR count). The summed E-state index contributed by atoms with van der Waals surface area (Å²) < 4.78 is 5.84. The predicted molar refractivity (Wildman–Crippen MR) is 65.2 cm³/mol. The first-order valence-electron chi connectivity index (χ1n) is 5.97. The minimum atomic E-state index is 0.218. The number of anilines is 1. The number of nitrogens with one attached hydrogen (secondary N) is 1. The molecule has 0 amide bonds. The molecule has 0 bridgehead atoms. The van der Waals surface area contributed by atoms with Crippen molar-refractivity contribution in [2.24, 2.45) is 0 Å². The molecule has 0 unspecified atom stereocenters. The van der Waals surface area contributed by atoms with Crippen molar-refractivity contribution in [1.29, 1.82) is 0 Å². The maximum atomic E-state index is 9.93. The fourth-order valence-corrected chi connectivity index (χ4v) is 2.18. The van der Waals surface area contributed by atoms with Gasteiger partial charge in [0.25, 0.3) is 0 Å². The van der Waals surface area contributed by atoms with Crippen molar-refractivity contribution in [1.82, 2.24) is 0 Å². The molecule has 1 saturated carbocycles. The summed E-state index contributed by atoms with van der Waals surface area (Å²) >= 11 is 0. The third-order valence-corrected chi connectivity index (χ3v) is 3.11. The van der Waals surface area contributed by atoms with Crippen molar-refractivity contribution in [3.8, 4) is 11.5 Å². The maximum absolute atomic E-state index is 9.93. The second-order valence-electron chi connectivity index (χ2n) is 4.28. The summed E-state index contributed by atoms with van der Waals surface area (Å²) in [5, 5.41) is 12.9. The van der Waals surface area contributed by atoms with Gasteiger partial charge in [-0.1, -0.05) is 12.5 Å². The Morgan fingerprint density at radius 2 is 2.00 bits per heavy atom. The number of aromatic hydroxyl groups is 1. The van der Waals surface area contributed by atoms with E-state index < -0.39 is 0 Å². The average molecular weight is 221 g/mol. The smallest absolute Gasteiger partial charge is 0.181 e. The summed E-state index contributed by atoms with van der Waals surface area (Å²) in [7, 11) is 1.79. The van der Waals surface area contributed by atoms with Crippen LogP contribution in [0.2, 0.25) is 0 Å². The lowest BCUT2D eigenvalue weighted by Crippen LogP contribution is -2.19. The van der Waals surface area contributed by atoms with Gasteiger partial charge in [-0.3, -0.25) is 0 Å². The van der Waals surface area contributed by atoms with Gasteiger partial charge in [0.15, 0.2) is 11.5 Å². The zero-order chi connectivity index (χ0) is 11.4. The van der Waals surface area contributed by atoms with Crippen molar-refractivity contribution in [3.05, 3.63) is 18.2 Å². The van der Waals surface area contributed by atoms with Gasteiger partial charge in [-0.05, 0) is 37.8 Å². The fraction of sp³-hybridized carbons (Fsp3) is 0.538. The first-order valence-corrected chi connectivity index (χ1v) is 5.97. The van der Waals surface area contributed by atoms with Gasteiger partial charge in [0.2, 0.25) is 0 Å². The van der Waals surface area contributed by atoms with E-state index in [0.29, 0.717) is 11.4 Å². The van der Waals surface area contributed by atoms with Gasteiger partial charge in [0.1, 0.15) is 0 Å². The molecule has 3 heteroatoms. The molecule has 0 saturated heterocycles. The number of phenolic OH excluding ortho intramolecular Hbond substituents is 1. The lowest BCUT2D eigenvalue weighted by Gasteiger charge is -2.23. The molecule has 3 nitrogen and oxygen atoms in total. The van der Waals surface area contributed by atoms with Crippen LogP contribution in [0.1, 0.15) is 32.1 Å². The van der Waals surface area contributed by atoms with Crippen LogP contribution < -0.4 is 10.1 Å². The molecule has 88 valence electrons. The first kappa shape index (κ1) is 11.1. The van der Waals surface area contributed by atoms with Crippen LogP contribution in [0.5, 0.6) is 11.5 Å². The Hall–Kier alpha value is -1.38. The molecule has 1 aliphatic rings. The molecule has 1 fully saturated rings. The second-order valence-corrected chi connectivity index (χ2v) is 4.28. The van der Waals surface area contributed by atoms with Crippen LogP contribution in [0, 0.1) is 0 Å². The molecule has 0 atom stereocenters. The molecule has 1 aromatic rings. The molecular weight excluding hydrogens is 202 g/mol. The van der Waals surface area contributed by atoms with Crippen molar-refractivity contribution >= 4 is 5.69 Å². The zero-order valence-corrected chi connectivity index (χ0v) is 9.70. The van der Waals surface area contributed by atoms with E-state index in [9.17, 15) is 5.11 Å². The van der Waals surface area contributed by atoms with Gasteiger partial charge in [0.05, 0.1) is 11.8 Å². The SMILES string of the molecule is CNc1cccc(OC2CCCCC2)c1O. The highest BCUT2D eigenvalue weighted by Gasteiger charge is 2.17. The Morgan fingerprint density at radius 3 is 2.69 bits per heavy atom. The van der Waals surface area contributed by atoms with E-state index in [4.69, 9.17) is 4.74 Å². The highest BCUT2D eigenvalue weighted by Crippen LogP contribution is 2.35. The topological polar surface area (TPSA) is 41.5 Å². The number of ether oxygens (including phenoxy) is 1. The highest BCUT2D eigenvalue weighted by molar-refractivity contribution is 5.61. The van der Waals surface area contributed by atoms with Crippen molar-refractivity contribution in [2.75, 3.05) is 12.4 Å². The Morgan fingerprint density at radius 1 is 1.25 bits per heavy atom. The quantitative estimate of drug-likeness (QED) is 0.770. The van der Waals surface area contributed by atoms with Crippen molar-refractivity contribution < 1.29 is 9.84 Å². The predicted octanol–water partition coefficient (Wildman–Crippen LogP) is 3.15. The van der Waals surface area contributed by atoms with Crippen LogP contribution in [0.4, 0.5) is 5.69 Å². The molecule has 2 N–H and O–H groups in total. The summed E-state index contributed by atoms with van der Waals surface area (Å²) in [6.45, 7) is 0. The van der Waals surface area contributed by atoms with Crippen LogP contribution in [0.25, 0.3) is 0 Å². The Bertz CT molecular complexity index is 346. The number of phenols is 1. The van der Waals surface area contributed by atoms with E-state index >= 15 is 0 Å². The molecule has 16 heavy (non-hydrogen) atoms. The fourth-order valence-electron chi connectivity index (χ4n) is 2.18. The molecule has 1 aromatic carbocycles. The van der Waals surface area contributed by atoms with Crippen molar-refractivity contribution in [3.63, 3.8) is 0 Å². The van der Waals surface area contributed by atoms with Gasteiger partial charge in [-0.15, -0.1) is 0 Å². The van der Waals surface area contributed by atoms with Gasteiger partial charge in [0, 0.05) is 7.05 Å². The summed E-state index contributed by atoms with van der Waals surface area (Å²) in [5.74, 6) is 0.814. The molecule has 0 spiro atoms. The van der Waals surface area contributed by atoms with Crippen LogP contribution in [0.15, 0.2) is 18.2 Å². The lowest BCUT2D eigenvalue weighted by atomic mass is 9.98. The van der Waals surface area contributed by atoms with Crippen LogP contribution >= 0.6 is 0 Å². The van der Waals surface area contributed by atoms with E-state index in [1.807, 2.05) is 18.2 Å². The first-order chi connectivity index (χ1) is 7.81. The Kier molecular flexibility index (Phi) is 3.54. The second kappa shape index (κ2) is 5.10. The minimum absolute atomic E-state index is 0.218. The molecule has 0 aromatic heterocycles. The molecule has 0 aliphatic heterocycles. The largest absolute Gasteiger partial charge is 0.503 e. The highest BCUT2D eigenvalue weighted by atomic mass is 16.5. The van der Waals surface area contributed by atoms with E-state index in [-0.39, 0.29) is 11.9 Å². The van der Waals surface area contributed by atoms with Gasteiger partial charge < -0.3 is 15.2 Å². The van der Waals surface area contributed by atoms with Gasteiger partial charge >= 0.3 is 0 Å².